The van der Waals surface area contributed by atoms with Gasteiger partial charge in [-0.2, -0.15) is 0 Å². The first kappa shape index (κ1) is 30.5. The number of likely N-dealkylation sites (tertiary alicyclic amines) is 1. The quantitative estimate of drug-likeness (QED) is 0.294. The Hall–Kier alpha value is -3.01. The van der Waals surface area contributed by atoms with E-state index >= 15 is 0 Å². The number of hydrogen-bond donors (Lipinski definition) is 2. The van der Waals surface area contributed by atoms with Gasteiger partial charge in [-0.3, -0.25) is 0 Å². The van der Waals surface area contributed by atoms with Gasteiger partial charge in [0.1, 0.15) is 16.9 Å². The number of methoxy groups -OCH3 is 1. The molecule has 3 N–H and O–H groups in total. The lowest BCUT2D eigenvalue weighted by atomic mass is 9.97. The Morgan fingerprint density at radius 1 is 1.15 bits per heavy atom. The van der Waals surface area contributed by atoms with Crippen molar-refractivity contribution in [2.45, 2.75) is 51.9 Å². The second-order valence-electron chi connectivity index (χ2n) is 10.8. The SMILES string of the molecule is COc1cc(N)c(Cl)cc1C(=O)OCC1CCN(C[C@@H](COCc2ccccc2)NC(=O)OC(C)(C)C)CC1. The summed E-state index contributed by atoms with van der Waals surface area (Å²) in [5.74, 6) is 0.0649. The maximum atomic E-state index is 12.7. The minimum absolute atomic E-state index is 0.229. The zero-order valence-corrected chi connectivity index (χ0v) is 24.0. The molecular formula is C29H40ClN3O6. The normalized spacial score (nSPS) is 15.4. The van der Waals surface area contributed by atoms with E-state index in [1.807, 2.05) is 51.1 Å². The molecule has 0 aliphatic carbocycles. The number of esters is 1. The molecule has 0 unspecified atom stereocenters. The Balaban J connectivity index is 1.49. The summed E-state index contributed by atoms with van der Waals surface area (Å²) in [6, 6.07) is 12.7. The lowest BCUT2D eigenvalue weighted by Gasteiger charge is -2.34. The van der Waals surface area contributed by atoms with Crippen LogP contribution in [-0.2, 0) is 20.8 Å². The lowest BCUT2D eigenvalue weighted by molar-refractivity contribution is 0.0308. The van der Waals surface area contributed by atoms with Gasteiger partial charge in [-0.1, -0.05) is 41.9 Å². The first-order valence-corrected chi connectivity index (χ1v) is 13.6. The summed E-state index contributed by atoms with van der Waals surface area (Å²) in [7, 11) is 1.47. The van der Waals surface area contributed by atoms with Gasteiger partial charge in [0, 0.05) is 12.6 Å². The highest BCUT2D eigenvalue weighted by atomic mass is 35.5. The van der Waals surface area contributed by atoms with Crippen LogP contribution < -0.4 is 15.8 Å². The van der Waals surface area contributed by atoms with E-state index in [2.05, 4.69) is 10.2 Å². The van der Waals surface area contributed by atoms with Gasteiger partial charge in [0.15, 0.2) is 0 Å². The van der Waals surface area contributed by atoms with E-state index < -0.39 is 17.7 Å². The molecule has 0 saturated carbocycles. The molecule has 1 aliphatic heterocycles. The first-order valence-electron chi connectivity index (χ1n) is 13.2. The van der Waals surface area contributed by atoms with Crippen molar-refractivity contribution < 1.29 is 28.5 Å². The van der Waals surface area contributed by atoms with Gasteiger partial charge < -0.3 is 34.9 Å². The molecule has 0 bridgehead atoms. The van der Waals surface area contributed by atoms with Crippen molar-refractivity contribution in [1.29, 1.82) is 0 Å². The van der Waals surface area contributed by atoms with Crippen LogP contribution in [0.2, 0.25) is 5.02 Å². The van der Waals surface area contributed by atoms with E-state index in [9.17, 15) is 9.59 Å². The van der Waals surface area contributed by atoms with Gasteiger partial charge in [0.2, 0.25) is 0 Å². The maximum absolute atomic E-state index is 12.7. The molecule has 2 aromatic rings. The molecule has 9 nitrogen and oxygen atoms in total. The molecule has 1 heterocycles. The highest BCUT2D eigenvalue weighted by Gasteiger charge is 2.26. The summed E-state index contributed by atoms with van der Waals surface area (Å²) < 4.78 is 22.2. The van der Waals surface area contributed by atoms with Crippen molar-refractivity contribution in [1.82, 2.24) is 10.2 Å². The number of hydrogen-bond acceptors (Lipinski definition) is 8. The molecule has 0 aromatic heterocycles. The zero-order chi connectivity index (χ0) is 28.4. The third kappa shape index (κ3) is 10.2. The van der Waals surface area contributed by atoms with Crippen molar-refractivity contribution >= 4 is 29.4 Å². The van der Waals surface area contributed by atoms with Crippen LogP contribution in [0.4, 0.5) is 10.5 Å². The number of anilines is 1. The zero-order valence-electron chi connectivity index (χ0n) is 23.2. The molecule has 0 spiro atoms. The fourth-order valence-electron chi connectivity index (χ4n) is 4.32. The largest absolute Gasteiger partial charge is 0.496 e. The number of alkyl carbamates (subject to hydrolysis) is 1. The number of rotatable bonds is 11. The van der Waals surface area contributed by atoms with Gasteiger partial charge >= 0.3 is 12.1 Å². The summed E-state index contributed by atoms with van der Waals surface area (Å²) >= 11 is 6.08. The Labute approximate surface area is 235 Å². The second-order valence-corrected chi connectivity index (χ2v) is 11.2. The summed E-state index contributed by atoms with van der Waals surface area (Å²) in [5.41, 5.74) is 6.88. The monoisotopic (exact) mass is 561 g/mol. The number of nitrogens with two attached hydrogens (primary N) is 1. The standard InChI is InChI=1S/C29H40ClN3O6/c1-29(2,3)39-28(35)32-22(19-37-17-20-8-6-5-7-9-20)16-33-12-10-21(11-13-33)18-38-27(34)23-14-24(30)25(31)15-26(23)36-4/h5-9,14-15,21-22H,10-13,16-19,31H2,1-4H3,(H,32,35)/t22-/m0/s1. The number of benzene rings is 2. The van der Waals surface area contributed by atoms with Crippen LogP contribution in [0, 0.1) is 5.92 Å². The molecule has 1 fully saturated rings. The van der Waals surface area contributed by atoms with Gasteiger partial charge in [-0.25, -0.2) is 9.59 Å². The Bertz CT molecular complexity index is 1080. The smallest absolute Gasteiger partial charge is 0.407 e. The number of carbonyl (C=O) groups is 2. The molecular weight excluding hydrogens is 522 g/mol. The minimum atomic E-state index is -0.586. The van der Waals surface area contributed by atoms with Crippen molar-refractivity contribution in [3.8, 4) is 5.75 Å². The molecule has 1 atom stereocenters. The molecule has 39 heavy (non-hydrogen) atoms. The fraction of sp³-hybridized carbons (Fsp3) is 0.517. The van der Waals surface area contributed by atoms with Gasteiger partial charge in [0.25, 0.3) is 0 Å². The fourth-order valence-corrected chi connectivity index (χ4v) is 4.49. The number of amides is 1. The number of nitrogens with zero attached hydrogens (tertiary/aromatic N) is 1. The van der Waals surface area contributed by atoms with E-state index in [0.717, 1.165) is 31.5 Å². The van der Waals surface area contributed by atoms with E-state index in [1.54, 1.807) is 0 Å². The van der Waals surface area contributed by atoms with Crippen LogP contribution in [0.15, 0.2) is 42.5 Å². The highest BCUT2D eigenvalue weighted by Crippen LogP contribution is 2.29. The van der Waals surface area contributed by atoms with E-state index in [0.29, 0.717) is 37.8 Å². The number of carbonyl (C=O) groups excluding carboxylic acids is 2. The predicted octanol–water partition coefficient (Wildman–Crippen LogP) is 4.91. The third-order valence-electron chi connectivity index (χ3n) is 6.33. The molecule has 1 amide bonds. The van der Waals surface area contributed by atoms with Crippen LogP contribution in [-0.4, -0.2) is 68.6 Å². The molecule has 2 aromatic carbocycles. The Morgan fingerprint density at radius 3 is 2.49 bits per heavy atom. The van der Waals surface area contributed by atoms with Crippen LogP contribution in [0.3, 0.4) is 0 Å². The number of nitrogens with one attached hydrogen (secondary N) is 1. The predicted molar refractivity (Wildman–Crippen MR) is 151 cm³/mol. The van der Waals surface area contributed by atoms with E-state index in [-0.39, 0.29) is 22.5 Å². The van der Waals surface area contributed by atoms with Gasteiger partial charge in [-0.15, -0.1) is 0 Å². The van der Waals surface area contributed by atoms with Crippen molar-refractivity contribution in [2.75, 3.05) is 45.7 Å². The Morgan fingerprint density at radius 2 is 1.85 bits per heavy atom. The highest BCUT2D eigenvalue weighted by molar-refractivity contribution is 6.33. The van der Waals surface area contributed by atoms with E-state index in [1.165, 1.54) is 19.2 Å². The van der Waals surface area contributed by atoms with Crippen LogP contribution in [0.1, 0.15) is 49.5 Å². The maximum Gasteiger partial charge on any atom is 0.407 e. The minimum Gasteiger partial charge on any atom is -0.496 e. The van der Waals surface area contributed by atoms with Gasteiger partial charge in [0.05, 0.1) is 43.7 Å². The van der Waals surface area contributed by atoms with Crippen LogP contribution >= 0.6 is 11.6 Å². The summed E-state index contributed by atoms with van der Waals surface area (Å²) in [5, 5.41) is 3.24. The van der Waals surface area contributed by atoms with Crippen molar-refractivity contribution in [3.63, 3.8) is 0 Å². The molecule has 214 valence electrons. The average molecular weight is 562 g/mol. The number of nitrogen functional groups attached to an aromatic ring is 1. The van der Waals surface area contributed by atoms with Gasteiger partial charge in [-0.05, 0) is 64.3 Å². The number of halogens is 1. The molecule has 0 radical (unpaired) electrons. The number of ether oxygens (including phenoxy) is 4. The average Bonchev–Trinajstić information content (AvgIpc) is 2.88. The summed E-state index contributed by atoms with van der Waals surface area (Å²) in [4.78, 5) is 27.4. The second kappa shape index (κ2) is 14.4. The third-order valence-corrected chi connectivity index (χ3v) is 6.65. The summed E-state index contributed by atoms with van der Waals surface area (Å²) in [6.07, 6.45) is 1.25. The van der Waals surface area contributed by atoms with E-state index in [4.69, 9.17) is 36.3 Å². The van der Waals surface area contributed by atoms with Crippen molar-refractivity contribution in [3.05, 3.63) is 58.6 Å². The molecule has 10 heteroatoms. The first-order chi connectivity index (χ1) is 18.5. The topological polar surface area (TPSA) is 112 Å². The summed E-state index contributed by atoms with van der Waals surface area (Å²) in [6.45, 7) is 8.88. The van der Waals surface area contributed by atoms with Crippen molar-refractivity contribution in [2.24, 2.45) is 5.92 Å². The van der Waals surface area contributed by atoms with Crippen LogP contribution in [0.25, 0.3) is 0 Å². The Kier molecular flexibility index (Phi) is 11.3. The molecule has 3 rings (SSSR count). The number of piperidine rings is 1. The molecule has 1 aliphatic rings. The molecule has 1 saturated heterocycles. The van der Waals surface area contributed by atoms with Crippen LogP contribution in [0.5, 0.6) is 5.75 Å². The lowest BCUT2D eigenvalue weighted by Crippen LogP contribution is -2.49.